The summed E-state index contributed by atoms with van der Waals surface area (Å²) >= 11 is 1.02. The van der Waals surface area contributed by atoms with Gasteiger partial charge in [0.2, 0.25) is 6.41 Å². The minimum absolute atomic E-state index is 0.0701. The van der Waals surface area contributed by atoms with Crippen LogP contribution < -0.4 is 10.6 Å². The number of nitrogens with zero attached hydrogens (tertiary/aromatic N) is 2. The first-order valence-corrected chi connectivity index (χ1v) is 9.65. The van der Waals surface area contributed by atoms with E-state index < -0.39 is 11.6 Å². The average molecular weight is 384 g/mol. The Labute approximate surface area is 156 Å². The van der Waals surface area contributed by atoms with Crippen LogP contribution in [0.3, 0.4) is 0 Å². The molecule has 3 rings (SSSR count). The molecule has 1 amide bonds. The van der Waals surface area contributed by atoms with E-state index in [0.29, 0.717) is 11.1 Å². The Kier molecular flexibility index (Phi) is 8.34. The molecular weight excluding hydrogens is 358 g/mol. The number of nitrogens with one attached hydrogen (secondary N) is 2. The zero-order valence-corrected chi connectivity index (χ0v) is 16.0. The van der Waals surface area contributed by atoms with Gasteiger partial charge in [-0.15, -0.1) is 0 Å². The van der Waals surface area contributed by atoms with Crippen LogP contribution in [-0.2, 0) is 4.79 Å². The Balaban J connectivity index is 0.000000190. The van der Waals surface area contributed by atoms with Crippen LogP contribution in [0.25, 0.3) is 10.2 Å². The Bertz CT molecular complexity index is 702. The van der Waals surface area contributed by atoms with Crippen molar-refractivity contribution in [3.05, 3.63) is 23.8 Å². The van der Waals surface area contributed by atoms with Crippen molar-refractivity contribution in [2.45, 2.75) is 38.1 Å². The summed E-state index contributed by atoms with van der Waals surface area (Å²) in [5, 5.41) is 6.14. The number of fused-ring (bicyclic) bond motifs is 1. The molecule has 0 atom stereocenters. The van der Waals surface area contributed by atoms with Crippen molar-refractivity contribution >= 4 is 33.1 Å². The van der Waals surface area contributed by atoms with Crippen molar-refractivity contribution in [1.82, 2.24) is 15.2 Å². The van der Waals surface area contributed by atoms with Gasteiger partial charge in [-0.1, -0.05) is 30.6 Å². The molecule has 1 aromatic heterocycles. The smallest absolute Gasteiger partial charge is 0.213 e. The summed E-state index contributed by atoms with van der Waals surface area (Å²) in [4.78, 5) is 16.1. The number of carbonyl (C=O) groups is 1. The maximum Gasteiger partial charge on any atom is 0.213 e. The predicted molar refractivity (Wildman–Crippen MR) is 103 cm³/mol. The van der Waals surface area contributed by atoms with Crippen molar-refractivity contribution in [3.63, 3.8) is 0 Å². The third-order valence-electron chi connectivity index (χ3n) is 4.19. The fraction of sp³-hybridized carbons (Fsp3) is 0.556. The SMILES string of the molecule is CN(C)CCNC1CCCCC1.O=CNc1nc2c(F)cc(F)cc2s1. The second kappa shape index (κ2) is 10.5. The van der Waals surface area contributed by atoms with Crippen molar-refractivity contribution in [3.8, 4) is 0 Å². The fourth-order valence-corrected chi connectivity index (χ4v) is 3.73. The molecule has 2 aromatic rings. The van der Waals surface area contributed by atoms with Gasteiger partial charge in [-0.05, 0) is 33.0 Å². The minimum Gasteiger partial charge on any atom is -0.313 e. The number of anilines is 1. The van der Waals surface area contributed by atoms with Gasteiger partial charge in [0, 0.05) is 25.2 Å². The largest absolute Gasteiger partial charge is 0.313 e. The maximum atomic E-state index is 13.1. The second-order valence-corrected chi connectivity index (χ2v) is 7.64. The molecule has 1 aliphatic rings. The molecule has 8 heteroatoms. The number of halogens is 2. The van der Waals surface area contributed by atoms with Crippen molar-refractivity contribution in [1.29, 1.82) is 0 Å². The molecule has 144 valence electrons. The number of likely N-dealkylation sites (N-methyl/N-ethyl adjacent to an activating group) is 1. The topological polar surface area (TPSA) is 57.3 Å². The molecule has 1 saturated carbocycles. The zero-order valence-electron chi connectivity index (χ0n) is 15.2. The molecule has 0 radical (unpaired) electrons. The van der Waals surface area contributed by atoms with E-state index in [9.17, 15) is 13.6 Å². The number of amides is 1. The molecule has 2 N–H and O–H groups in total. The van der Waals surface area contributed by atoms with Crippen molar-refractivity contribution in [2.75, 3.05) is 32.5 Å². The molecule has 1 heterocycles. The van der Waals surface area contributed by atoms with Crippen molar-refractivity contribution < 1.29 is 13.6 Å². The number of hydrogen-bond donors (Lipinski definition) is 2. The van der Waals surface area contributed by atoms with E-state index >= 15 is 0 Å². The third kappa shape index (κ3) is 6.59. The Morgan fingerprint density at radius 1 is 1.27 bits per heavy atom. The first kappa shape index (κ1) is 20.7. The standard InChI is InChI=1S/C10H22N2.C8H4F2N2OS/c1-12(2)9-8-11-10-6-4-3-5-7-10;9-4-1-5(10)7-6(2-4)14-8(12-7)11-3-13/h10-11H,3-9H2,1-2H3;1-3H,(H,11,12,13). The molecule has 26 heavy (non-hydrogen) atoms. The lowest BCUT2D eigenvalue weighted by atomic mass is 9.95. The van der Waals surface area contributed by atoms with Gasteiger partial charge in [-0.3, -0.25) is 4.79 Å². The summed E-state index contributed by atoms with van der Waals surface area (Å²) in [6.45, 7) is 2.31. The molecule has 0 spiro atoms. The van der Waals surface area contributed by atoms with Crippen LogP contribution in [0, 0.1) is 11.6 Å². The van der Waals surface area contributed by atoms with Crippen molar-refractivity contribution in [2.24, 2.45) is 0 Å². The van der Waals surface area contributed by atoms with Crippen LogP contribution in [0.4, 0.5) is 13.9 Å². The van der Waals surface area contributed by atoms with Gasteiger partial charge in [0.25, 0.3) is 0 Å². The lowest BCUT2D eigenvalue weighted by Gasteiger charge is -2.23. The average Bonchev–Trinajstić information content (AvgIpc) is 2.99. The molecule has 5 nitrogen and oxygen atoms in total. The first-order valence-electron chi connectivity index (χ1n) is 8.83. The minimum atomic E-state index is -0.727. The van der Waals surface area contributed by atoms with Crippen LogP contribution in [0.15, 0.2) is 12.1 Å². The molecule has 0 saturated heterocycles. The highest BCUT2D eigenvalue weighted by molar-refractivity contribution is 7.22. The van der Waals surface area contributed by atoms with Gasteiger partial charge in [0.1, 0.15) is 11.3 Å². The summed E-state index contributed by atoms with van der Waals surface area (Å²) in [7, 11) is 4.26. The highest BCUT2D eigenvalue weighted by Gasteiger charge is 2.11. The molecule has 1 aliphatic carbocycles. The predicted octanol–water partition coefficient (Wildman–Crippen LogP) is 3.61. The van der Waals surface area contributed by atoms with E-state index in [0.717, 1.165) is 36.5 Å². The molecule has 0 unspecified atom stereocenters. The number of aromatic nitrogens is 1. The highest BCUT2D eigenvalue weighted by atomic mass is 32.1. The van der Waals surface area contributed by atoms with Crippen LogP contribution in [-0.4, -0.2) is 49.5 Å². The molecule has 1 aromatic carbocycles. The van der Waals surface area contributed by atoms with E-state index in [1.807, 2.05) is 0 Å². The third-order valence-corrected chi connectivity index (χ3v) is 5.13. The quantitative estimate of drug-likeness (QED) is 0.747. The number of carbonyl (C=O) groups excluding carboxylic acids is 1. The normalized spacial score (nSPS) is 15.0. The van der Waals surface area contributed by atoms with E-state index in [1.54, 1.807) is 0 Å². The number of rotatable bonds is 6. The number of thiazole rings is 1. The molecule has 1 fully saturated rings. The van der Waals surface area contributed by atoms with E-state index in [-0.39, 0.29) is 10.6 Å². The molecule has 0 bridgehead atoms. The Morgan fingerprint density at radius 2 is 2.00 bits per heavy atom. The van der Waals surface area contributed by atoms with Gasteiger partial charge < -0.3 is 15.5 Å². The summed E-state index contributed by atoms with van der Waals surface area (Å²) in [6.07, 6.45) is 7.54. The van der Waals surface area contributed by atoms with Gasteiger partial charge in [0.05, 0.1) is 4.70 Å². The van der Waals surface area contributed by atoms with Crippen LogP contribution in [0.5, 0.6) is 0 Å². The number of benzene rings is 1. The van der Waals surface area contributed by atoms with E-state index in [4.69, 9.17) is 0 Å². The van der Waals surface area contributed by atoms with Crippen LogP contribution in [0.2, 0.25) is 0 Å². The monoisotopic (exact) mass is 384 g/mol. The summed E-state index contributed by atoms with van der Waals surface area (Å²) < 4.78 is 26.2. The van der Waals surface area contributed by atoms with E-state index in [1.165, 1.54) is 38.2 Å². The van der Waals surface area contributed by atoms with Crippen LogP contribution in [0.1, 0.15) is 32.1 Å². The maximum absolute atomic E-state index is 13.1. The second-order valence-electron chi connectivity index (χ2n) is 6.61. The van der Waals surface area contributed by atoms with Gasteiger partial charge in [0.15, 0.2) is 10.9 Å². The van der Waals surface area contributed by atoms with Gasteiger partial charge in [-0.25, -0.2) is 13.8 Å². The fourth-order valence-electron chi connectivity index (χ4n) is 2.87. The lowest BCUT2D eigenvalue weighted by molar-refractivity contribution is -0.105. The molecular formula is C18H26F2N4OS. The first-order chi connectivity index (χ1) is 12.5. The van der Waals surface area contributed by atoms with Gasteiger partial charge in [-0.2, -0.15) is 0 Å². The lowest BCUT2D eigenvalue weighted by Crippen LogP contribution is -2.35. The molecule has 0 aliphatic heterocycles. The summed E-state index contributed by atoms with van der Waals surface area (Å²) in [5.41, 5.74) is 0.0701. The van der Waals surface area contributed by atoms with Crippen LogP contribution >= 0.6 is 11.3 Å². The Morgan fingerprint density at radius 3 is 2.65 bits per heavy atom. The van der Waals surface area contributed by atoms with E-state index in [2.05, 4.69) is 34.6 Å². The Hall–Kier alpha value is -1.64. The highest BCUT2D eigenvalue weighted by Crippen LogP contribution is 2.28. The number of hydrogen-bond acceptors (Lipinski definition) is 5. The summed E-state index contributed by atoms with van der Waals surface area (Å²) in [6, 6.07) is 2.75. The zero-order chi connectivity index (χ0) is 18.9. The summed E-state index contributed by atoms with van der Waals surface area (Å²) in [5.74, 6) is -1.38. The van der Waals surface area contributed by atoms with Gasteiger partial charge >= 0.3 is 0 Å².